The number of hydrogen-bond acceptors (Lipinski definition) is 2. The highest BCUT2D eigenvalue weighted by Gasteiger charge is 1.94. The molecule has 0 aliphatic rings. The van der Waals surface area contributed by atoms with Crippen LogP contribution in [-0.2, 0) is 6.54 Å². The maximum absolute atomic E-state index is 4.41. The second-order valence-electron chi connectivity index (χ2n) is 3.29. The average Bonchev–Trinajstić information content (AvgIpc) is 2.28. The zero-order valence-electron chi connectivity index (χ0n) is 9.02. The Morgan fingerprint density at radius 1 is 1.33 bits per heavy atom. The molecule has 0 unspecified atom stereocenters. The molecule has 0 aliphatic carbocycles. The second kappa shape index (κ2) is 7.83. The summed E-state index contributed by atoms with van der Waals surface area (Å²) in [6, 6.07) is 10.3. The SMILES string of the molecule is CCCCSC(S)=NCc1ccccc1. The number of thiol groups is 1. The molecule has 0 heterocycles. The van der Waals surface area contributed by atoms with Crippen molar-refractivity contribution in [1.82, 2.24) is 0 Å². The summed E-state index contributed by atoms with van der Waals surface area (Å²) in [4.78, 5) is 4.41. The molecule has 1 aromatic carbocycles. The number of rotatable bonds is 5. The third-order valence-corrected chi connectivity index (χ3v) is 3.38. The lowest BCUT2D eigenvalue weighted by Gasteiger charge is -1.99. The highest BCUT2D eigenvalue weighted by atomic mass is 32.2. The molecule has 0 N–H and O–H groups in total. The Hall–Kier alpha value is -0.410. The minimum Gasteiger partial charge on any atom is -0.267 e. The molecule has 15 heavy (non-hydrogen) atoms. The predicted molar refractivity (Wildman–Crippen MR) is 73.9 cm³/mol. The summed E-state index contributed by atoms with van der Waals surface area (Å²) in [6.07, 6.45) is 2.46. The summed E-state index contributed by atoms with van der Waals surface area (Å²) in [5, 5.41) is 0. The molecule has 0 fully saturated rings. The molecule has 0 bridgehead atoms. The molecule has 0 spiro atoms. The summed E-state index contributed by atoms with van der Waals surface area (Å²) < 4.78 is 0.896. The number of nitrogens with zero attached hydrogens (tertiary/aromatic N) is 1. The van der Waals surface area contributed by atoms with Crippen molar-refractivity contribution in [2.75, 3.05) is 5.75 Å². The third-order valence-electron chi connectivity index (χ3n) is 1.97. The van der Waals surface area contributed by atoms with Crippen molar-refractivity contribution in [1.29, 1.82) is 0 Å². The summed E-state index contributed by atoms with van der Waals surface area (Å²) in [5.74, 6) is 1.12. The van der Waals surface area contributed by atoms with Crippen LogP contribution in [-0.4, -0.2) is 10.1 Å². The maximum atomic E-state index is 4.41. The first-order chi connectivity index (χ1) is 7.33. The van der Waals surface area contributed by atoms with Gasteiger partial charge < -0.3 is 0 Å². The van der Waals surface area contributed by atoms with Gasteiger partial charge >= 0.3 is 0 Å². The van der Waals surface area contributed by atoms with Gasteiger partial charge in [0.2, 0.25) is 0 Å². The Labute approximate surface area is 102 Å². The zero-order chi connectivity index (χ0) is 10.9. The smallest absolute Gasteiger partial charge is 0.121 e. The molecule has 1 nitrogen and oxygen atoms in total. The number of thioether (sulfide) groups is 1. The standard InChI is InChI=1S/C12H17NS2/c1-2-3-9-15-12(14)13-10-11-7-5-4-6-8-11/h4-8H,2-3,9-10H2,1H3,(H,13,14). The monoisotopic (exact) mass is 239 g/mol. The summed E-state index contributed by atoms with van der Waals surface area (Å²) >= 11 is 6.08. The normalized spacial score (nSPS) is 11.7. The first kappa shape index (κ1) is 12.7. The summed E-state index contributed by atoms with van der Waals surface area (Å²) in [7, 11) is 0. The van der Waals surface area contributed by atoms with Crippen molar-refractivity contribution >= 4 is 28.8 Å². The highest BCUT2D eigenvalue weighted by Crippen LogP contribution is 2.12. The van der Waals surface area contributed by atoms with Crippen molar-refractivity contribution in [3.8, 4) is 0 Å². The van der Waals surface area contributed by atoms with E-state index in [1.54, 1.807) is 11.8 Å². The van der Waals surface area contributed by atoms with E-state index in [2.05, 4.69) is 36.7 Å². The van der Waals surface area contributed by atoms with Crippen LogP contribution in [0.25, 0.3) is 0 Å². The van der Waals surface area contributed by atoms with Crippen LogP contribution in [0.3, 0.4) is 0 Å². The molecule has 1 rings (SSSR count). The van der Waals surface area contributed by atoms with Gasteiger partial charge in [0.25, 0.3) is 0 Å². The minimum absolute atomic E-state index is 0.735. The van der Waals surface area contributed by atoms with E-state index in [-0.39, 0.29) is 0 Å². The van der Waals surface area contributed by atoms with E-state index in [9.17, 15) is 0 Å². The Balaban J connectivity index is 2.31. The highest BCUT2D eigenvalue weighted by molar-refractivity contribution is 8.32. The van der Waals surface area contributed by atoms with Crippen LogP contribution in [0, 0.1) is 0 Å². The molecule has 82 valence electrons. The van der Waals surface area contributed by atoms with E-state index in [1.165, 1.54) is 18.4 Å². The van der Waals surface area contributed by atoms with Crippen LogP contribution in [0.5, 0.6) is 0 Å². The van der Waals surface area contributed by atoms with Crippen molar-refractivity contribution in [3.05, 3.63) is 35.9 Å². The number of hydrogen-bond donors (Lipinski definition) is 1. The van der Waals surface area contributed by atoms with Gasteiger partial charge in [-0.1, -0.05) is 43.7 Å². The molecule has 0 amide bonds. The van der Waals surface area contributed by atoms with Crippen molar-refractivity contribution in [3.63, 3.8) is 0 Å². The van der Waals surface area contributed by atoms with Gasteiger partial charge in [0.1, 0.15) is 4.38 Å². The van der Waals surface area contributed by atoms with E-state index < -0.39 is 0 Å². The molecule has 0 saturated carbocycles. The van der Waals surface area contributed by atoms with E-state index in [0.717, 1.165) is 16.7 Å². The van der Waals surface area contributed by atoms with Crippen molar-refractivity contribution in [2.24, 2.45) is 4.99 Å². The van der Waals surface area contributed by atoms with Crippen molar-refractivity contribution < 1.29 is 0 Å². The van der Waals surface area contributed by atoms with E-state index >= 15 is 0 Å². The van der Waals surface area contributed by atoms with Crippen LogP contribution < -0.4 is 0 Å². The molecule has 0 radical (unpaired) electrons. The predicted octanol–water partition coefficient (Wildman–Crippen LogP) is 4.01. The largest absolute Gasteiger partial charge is 0.267 e. The molecule has 0 aromatic heterocycles. The third kappa shape index (κ3) is 5.90. The Kier molecular flexibility index (Phi) is 6.60. The van der Waals surface area contributed by atoms with E-state index in [4.69, 9.17) is 0 Å². The van der Waals surface area contributed by atoms with Gasteiger partial charge in [-0.2, -0.15) is 0 Å². The first-order valence-electron chi connectivity index (χ1n) is 5.23. The topological polar surface area (TPSA) is 12.4 Å². The first-order valence-corrected chi connectivity index (χ1v) is 6.66. The van der Waals surface area contributed by atoms with Crippen molar-refractivity contribution in [2.45, 2.75) is 26.3 Å². The molecule has 1 aromatic rings. The van der Waals surface area contributed by atoms with Gasteiger partial charge in [0, 0.05) is 0 Å². The van der Waals surface area contributed by atoms with Gasteiger partial charge in [-0.3, -0.25) is 4.99 Å². The zero-order valence-corrected chi connectivity index (χ0v) is 10.7. The Bertz CT molecular complexity index is 296. The van der Waals surface area contributed by atoms with Crippen LogP contribution >= 0.6 is 24.4 Å². The fraction of sp³-hybridized carbons (Fsp3) is 0.417. The quantitative estimate of drug-likeness (QED) is 0.354. The molecule has 0 saturated heterocycles. The lowest BCUT2D eigenvalue weighted by atomic mass is 10.2. The number of unbranched alkanes of at least 4 members (excludes halogenated alkanes) is 1. The summed E-state index contributed by atoms with van der Waals surface area (Å²) in [6.45, 7) is 2.93. The van der Waals surface area contributed by atoms with Crippen LogP contribution in [0.1, 0.15) is 25.3 Å². The molecular weight excluding hydrogens is 222 g/mol. The average molecular weight is 239 g/mol. The van der Waals surface area contributed by atoms with Gasteiger partial charge in [0.15, 0.2) is 0 Å². The lowest BCUT2D eigenvalue weighted by Crippen LogP contribution is -1.87. The molecule has 3 heteroatoms. The molecule has 0 atom stereocenters. The van der Waals surface area contributed by atoms with Crippen LogP contribution in [0.15, 0.2) is 35.3 Å². The second-order valence-corrected chi connectivity index (χ2v) is 5.10. The van der Waals surface area contributed by atoms with Crippen LogP contribution in [0.4, 0.5) is 0 Å². The fourth-order valence-corrected chi connectivity index (χ4v) is 2.21. The maximum Gasteiger partial charge on any atom is 0.121 e. The summed E-state index contributed by atoms with van der Waals surface area (Å²) in [5.41, 5.74) is 1.24. The molecule has 0 aliphatic heterocycles. The lowest BCUT2D eigenvalue weighted by molar-refractivity contribution is 0.898. The van der Waals surface area contributed by atoms with E-state index in [1.807, 2.05) is 18.2 Å². The molecular formula is C12H17NS2. The number of benzene rings is 1. The van der Waals surface area contributed by atoms with Gasteiger partial charge in [-0.15, -0.1) is 24.4 Å². The Morgan fingerprint density at radius 2 is 2.07 bits per heavy atom. The van der Waals surface area contributed by atoms with E-state index in [0.29, 0.717) is 0 Å². The number of aliphatic imine (C=N–C) groups is 1. The fourth-order valence-electron chi connectivity index (χ4n) is 1.10. The minimum atomic E-state index is 0.735. The van der Waals surface area contributed by atoms with Crippen LogP contribution in [0.2, 0.25) is 0 Å². The van der Waals surface area contributed by atoms with Gasteiger partial charge in [0.05, 0.1) is 6.54 Å². The van der Waals surface area contributed by atoms with Gasteiger partial charge in [-0.25, -0.2) is 0 Å². The Morgan fingerprint density at radius 3 is 2.73 bits per heavy atom. The van der Waals surface area contributed by atoms with Gasteiger partial charge in [-0.05, 0) is 17.7 Å².